The second-order valence-corrected chi connectivity index (χ2v) is 4.96. The van der Waals surface area contributed by atoms with Crippen molar-refractivity contribution < 1.29 is 0 Å². The summed E-state index contributed by atoms with van der Waals surface area (Å²) in [7, 11) is 0. The highest BCUT2D eigenvalue weighted by Gasteiger charge is 2.39. The molecule has 1 N–H and O–H groups in total. The molecule has 1 nitrogen and oxygen atoms in total. The summed E-state index contributed by atoms with van der Waals surface area (Å²) in [5.74, 6) is 2.90. The van der Waals surface area contributed by atoms with Crippen LogP contribution in [-0.2, 0) is 0 Å². The molecule has 1 aliphatic carbocycles. The lowest BCUT2D eigenvalue weighted by molar-refractivity contribution is 0.337. The quantitative estimate of drug-likeness (QED) is 0.659. The van der Waals surface area contributed by atoms with Crippen LogP contribution in [0.15, 0.2) is 0 Å². The molecule has 0 aromatic carbocycles. The fourth-order valence-electron chi connectivity index (χ4n) is 2.56. The molecule has 0 aromatic rings. The van der Waals surface area contributed by atoms with E-state index >= 15 is 0 Å². The average Bonchev–Trinajstić information content (AvgIpc) is 2.90. The number of rotatable bonds is 7. The average molecular weight is 197 g/mol. The summed E-state index contributed by atoms with van der Waals surface area (Å²) in [5, 5.41) is 3.67. The van der Waals surface area contributed by atoms with Crippen LogP contribution < -0.4 is 5.32 Å². The Kier molecular flexibility index (Phi) is 4.94. The van der Waals surface area contributed by atoms with E-state index in [-0.39, 0.29) is 0 Å². The van der Waals surface area contributed by atoms with Crippen molar-refractivity contribution in [3.05, 3.63) is 0 Å². The molecule has 1 saturated carbocycles. The van der Waals surface area contributed by atoms with Crippen molar-refractivity contribution >= 4 is 0 Å². The van der Waals surface area contributed by atoms with Gasteiger partial charge in [-0.25, -0.2) is 0 Å². The van der Waals surface area contributed by atoms with Crippen molar-refractivity contribution in [1.29, 1.82) is 0 Å². The molecule has 1 rings (SSSR count). The Balaban J connectivity index is 2.34. The molecule has 0 saturated heterocycles. The molecule has 0 bridgehead atoms. The third kappa shape index (κ3) is 3.27. The van der Waals surface area contributed by atoms with E-state index in [1.165, 1.54) is 25.7 Å². The largest absolute Gasteiger partial charge is 0.314 e. The second-order valence-electron chi connectivity index (χ2n) is 4.96. The van der Waals surface area contributed by atoms with Crippen LogP contribution >= 0.6 is 0 Å². The minimum Gasteiger partial charge on any atom is -0.314 e. The van der Waals surface area contributed by atoms with Gasteiger partial charge in [0.05, 0.1) is 0 Å². The fourth-order valence-corrected chi connectivity index (χ4v) is 2.56. The SMILES string of the molecule is CCNC(CC(CC)CC)C1CC1C. The lowest BCUT2D eigenvalue weighted by Crippen LogP contribution is -2.33. The standard InChI is InChI=1S/C13H27N/c1-5-11(6-2)9-13(14-7-3)12-8-10(12)4/h10-14H,5-9H2,1-4H3. The molecular formula is C13H27N. The van der Waals surface area contributed by atoms with Gasteiger partial charge in [-0.2, -0.15) is 0 Å². The Morgan fingerprint density at radius 3 is 2.14 bits per heavy atom. The van der Waals surface area contributed by atoms with Crippen molar-refractivity contribution in [2.45, 2.75) is 59.4 Å². The zero-order valence-electron chi connectivity index (χ0n) is 10.3. The predicted octanol–water partition coefficient (Wildman–Crippen LogP) is 3.45. The first-order chi connectivity index (χ1) is 6.72. The smallest absolute Gasteiger partial charge is 0.0100 e. The minimum atomic E-state index is 0.805. The Bertz CT molecular complexity index is 151. The zero-order valence-corrected chi connectivity index (χ0v) is 10.3. The van der Waals surface area contributed by atoms with Gasteiger partial charge in [0.25, 0.3) is 0 Å². The Morgan fingerprint density at radius 2 is 1.79 bits per heavy atom. The Morgan fingerprint density at radius 1 is 1.21 bits per heavy atom. The highest BCUT2D eigenvalue weighted by molar-refractivity contribution is 4.92. The van der Waals surface area contributed by atoms with Crippen molar-refractivity contribution in [1.82, 2.24) is 5.32 Å². The van der Waals surface area contributed by atoms with Gasteiger partial charge in [0.1, 0.15) is 0 Å². The summed E-state index contributed by atoms with van der Waals surface area (Å²) >= 11 is 0. The van der Waals surface area contributed by atoms with Gasteiger partial charge in [0.15, 0.2) is 0 Å². The summed E-state index contributed by atoms with van der Waals surface area (Å²) < 4.78 is 0. The third-order valence-electron chi connectivity index (χ3n) is 3.90. The first-order valence-corrected chi connectivity index (χ1v) is 6.46. The summed E-state index contributed by atoms with van der Waals surface area (Å²) in [6.45, 7) is 10.4. The van der Waals surface area contributed by atoms with Gasteiger partial charge in [-0.05, 0) is 37.1 Å². The van der Waals surface area contributed by atoms with Gasteiger partial charge in [-0.15, -0.1) is 0 Å². The van der Waals surface area contributed by atoms with Crippen LogP contribution in [0.4, 0.5) is 0 Å². The van der Waals surface area contributed by atoms with Crippen LogP contribution in [0.2, 0.25) is 0 Å². The first-order valence-electron chi connectivity index (χ1n) is 6.46. The van der Waals surface area contributed by atoms with E-state index in [0.29, 0.717) is 0 Å². The van der Waals surface area contributed by atoms with Gasteiger partial charge < -0.3 is 5.32 Å². The monoisotopic (exact) mass is 197 g/mol. The molecule has 3 unspecified atom stereocenters. The lowest BCUT2D eigenvalue weighted by Gasteiger charge is -2.22. The maximum Gasteiger partial charge on any atom is 0.0100 e. The molecule has 0 heterocycles. The minimum absolute atomic E-state index is 0.805. The molecule has 1 aliphatic rings. The molecular weight excluding hydrogens is 170 g/mol. The highest BCUT2D eigenvalue weighted by Crippen LogP contribution is 2.42. The summed E-state index contributed by atoms with van der Waals surface area (Å²) in [6, 6.07) is 0.805. The molecule has 1 heteroatoms. The highest BCUT2D eigenvalue weighted by atomic mass is 14.9. The number of hydrogen-bond acceptors (Lipinski definition) is 1. The van der Waals surface area contributed by atoms with Crippen LogP contribution in [0.5, 0.6) is 0 Å². The summed E-state index contributed by atoms with van der Waals surface area (Å²) in [6.07, 6.45) is 5.55. The molecule has 14 heavy (non-hydrogen) atoms. The maximum atomic E-state index is 3.67. The molecule has 3 atom stereocenters. The van der Waals surface area contributed by atoms with Crippen LogP contribution in [0, 0.1) is 17.8 Å². The molecule has 0 aromatic heterocycles. The predicted molar refractivity (Wildman–Crippen MR) is 63.4 cm³/mol. The van der Waals surface area contributed by atoms with Crippen LogP contribution in [0.3, 0.4) is 0 Å². The van der Waals surface area contributed by atoms with E-state index in [9.17, 15) is 0 Å². The van der Waals surface area contributed by atoms with Crippen molar-refractivity contribution in [2.75, 3.05) is 6.54 Å². The van der Waals surface area contributed by atoms with Crippen LogP contribution in [-0.4, -0.2) is 12.6 Å². The molecule has 0 radical (unpaired) electrons. The van der Waals surface area contributed by atoms with E-state index in [0.717, 1.165) is 30.3 Å². The van der Waals surface area contributed by atoms with E-state index < -0.39 is 0 Å². The topological polar surface area (TPSA) is 12.0 Å². The molecule has 84 valence electrons. The third-order valence-corrected chi connectivity index (χ3v) is 3.90. The van der Waals surface area contributed by atoms with Gasteiger partial charge in [-0.3, -0.25) is 0 Å². The van der Waals surface area contributed by atoms with Gasteiger partial charge in [0.2, 0.25) is 0 Å². The van der Waals surface area contributed by atoms with E-state index in [4.69, 9.17) is 0 Å². The van der Waals surface area contributed by atoms with Gasteiger partial charge in [-0.1, -0.05) is 40.5 Å². The number of nitrogens with one attached hydrogen (secondary N) is 1. The number of hydrogen-bond donors (Lipinski definition) is 1. The van der Waals surface area contributed by atoms with E-state index in [2.05, 4.69) is 33.0 Å². The maximum absolute atomic E-state index is 3.67. The van der Waals surface area contributed by atoms with Gasteiger partial charge >= 0.3 is 0 Å². The van der Waals surface area contributed by atoms with Crippen molar-refractivity contribution in [2.24, 2.45) is 17.8 Å². The summed E-state index contributed by atoms with van der Waals surface area (Å²) in [5.41, 5.74) is 0. The van der Waals surface area contributed by atoms with E-state index in [1.54, 1.807) is 0 Å². The van der Waals surface area contributed by atoms with Crippen LogP contribution in [0.25, 0.3) is 0 Å². The first kappa shape index (κ1) is 12.0. The molecule has 0 spiro atoms. The summed E-state index contributed by atoms with van der Waals surface area (Å²) in [4.78, 5) is 0. The molecule has 0 aliphatic heterocycles. The Hall–Kier alpha value is -0.0400. The van der Waals surface area contributed by atoms with Crippen LogP contribution in [0.1, 0.15) is 53.4 Å². The lowest BCUT2D eigenvalue weighted by atomic mass is 9.92. The van der Waals surface area contributed by atoms with Crippen molar-refractivity contribution in [3.8, 4) is 0 Å². The molecule has 1 fully saturated rings. The molecule has 0 amide bonds. The second kappa shape index (κ2) is 5.75. The Labute approximate surface area is 89.7 Å². The zero-order chi connectivity index (χ0) is 10.6. The fraction of sp³-hybridized carbons (Fsp3) is 1.00. The van der Waals surface area contributed by atoms with Crippen molar-refractivity contribution in [3.63, 3.8) is 0 Å². The normalized spacial score (nSPS) is 28.1. The van der Waals surface area contributed by atoms with E-state index in [1.807, 2.05) is 0 Å². The van der Waals surface area contributed by atoms with Gasteiger partial charge in [0, 0.05) is 6.04 Å².